The quantitative estimate of drug-likeness (QED) is 0.682. The van der Waals surface area contributed by atoms with E-state index in [0.717, 1.165) is 12.1 Å². The lowest BCUT2D eigenvalue weighted by Crippen LogP contribution is -2.41. The zero-order valence-corrected chi connectivity index (χ0v) is 8.60. The van der Waals surface area contributed by atoms with Crippen LogP contribution < -0.4 is 5.32 Å². The molecule has 1 saturated heterocycles. The van der Waals surface area contributed by atoms with Crippen molar-refractivity contribution in [3.8, 4) is 0 Å². The third-order valence-electron chi connectivity index (χ3n) is 2.85. The summed E-state index contributed by atoms with van der Waals surface area (Å²) in [5.41, 5.74) is 0. The fourth-order valence-corrected chi connectivity index (χ4v) is 2.26. The van der Waals surface area contributed by atoms with E-state index in [0.29, 0.717) is 0 Å². The molecule has 12 heavy (non-hydrogen) atoms. The summed E-state index contributed by atoms with van der Waals surface area (Å²) in [4.78, 5) is 0. The molecule has 1 aliphatic rings. The zero-order valence-electron chi connectivity index (χ0n) is 8.60. The number of hydrogen-bond donors (Lipinski definition) is 1. The zero-order chi connectivity index (χ0) is 8.81. The lowest BCUT2D eigenvalue weighted by Gasteiger charge is -2.30. The van der Waals surface area contributed by atoms with E-state index in [2.05, 4.69) is 19.2 Å². The highest BCUT2D eigenvalue weighted by Crippen LogP contribution is 2.18. The smallest absolute Gasteiger partial charge is 0.00695 e. The van der Waals surface area contributed by atoms with Crippen LogP contribution in [0, 0.1) is 0 Å². The van der Waals surface area contributed by atoms with E-state index in [1.54, 1.807) is 0 Å². The first-order valence-electron chi connectivity index (χ1n) is 5.62. The predicted molar refractivity (Wildman–Crippen MR) is 54.4 cm³/mol. The average Bonchev–Trinajstić information content (AvgIpc) is 2.06. The summed E-state index contributed by atoms with van der Waals surface area (Å²) in [6.07, 6.45) is 9.68. The standard InChI is InChI=1S/C11H23N/c1-3-6-10-8-5-9-11(12-10)7-4-2/h10-12H,3-9H2,1-2H3/t10-,11-/m0/s1. The SMILES string of the molecule is CCC[C@H]1CCC[C@H](CCC)N1. The van der Waals surface area contributed by atoms with E-state index in [4.69, 9.17) is 0 Å². The number of rotatable bonds is 4. The second-order valence-corrected chi connectivity index (χ2v) is 4.07. The fourth-order valence-electron chi connectivity index (χ4n) is 2.26. The summed E-state index contributed by atoms with van der Waals surface area (Å²) < 4.78 is 0. The van der Waals surface area contributed by atoms with Crippen LogP contribution in [0.15, 0.2) is 0 Å². The second kappa shape index (κ2) is 5.58. The van der Waals surface area contributed by atoms with Gasteiger partial charge in [-0.05, 0) is 25.7 Å². The Kier molecular flexibility index (Phi) is 4.67. The molecule has 72 valence electrons. The van der Waals surface area contributed by atoms with Gasteiger partial charge in [-0.25, -0.2) is 0 Å². The molecule has 2 atom stereocenters. The van der Waals surface area contributed by atoms with Gasteiger partial charge in [0.05, 0.1) is 0 Å². The van der Waals surface area contributed by atoms with E-state index in [1.807, 2.05) is 0 Å². The van der Waals surface area contributed by atoms with E-state index in [9.17, 15) is 0 Å². The lowest BCUT2D eigenvalue weighted by atomic mass is 9.93. The molecular formula is C11H23N. The van der Waals surface area contributed by atoms with Gasteiger partial charge in [0.1, 0.15) is 0 Å². The molecule has 1 heteroatoms. The van der Waals surface area contributed by atoms with E-state index >= 15 is 0 Å². The molecule has 1 heterocycles. The highest BCUT2D eigenvalue weighted by Gasteiger charge is 2.18. The minimum atomic E-state index is 0.834. The molecule has 1 aliphatic heterocycles. The topological polar surface area (TPSA) is 12.0 Å². The van der Waals surface area contributed by atoms with Crippen LogP contribution in [0.2, 0.25) is 0 Å². The fraction of sp³-hybridized carbons (Fsp3) is 1.00. The van der Waals surface area contributed by atoms with Crippen LogP contribution in [0.25, 0.3) is 0 Å². The van der Waals surface area contributed by atoms with Crippen molar-refractivity contribution < 1.29 is 0 Å². The highest BCUT2D eigenvalue weighted by atomic mass is 15.0. The lowest BCUT2D eigenvalue weighted by molar-refractivity contribution is 0.294. The van der Waals surface area contributed by atoms with Crippen molar-refractivity contribution in [3.63, 3.8) is 0 Å². The summed E-state index contributed by atoms with van der Waals surface area (Å²) in [5.74, 6) is 0. The van der Waals surface area contributed by atoms with Crippen molar-refractivity contribution in [2.75, 3.05) is 0 Å². The Bertz CT molecular complexity index is 95.6. The maximum atomic E-state index is 3.76. The second-order valence-electron chi connectivity index (χ2n) is 4.07. The van der Waals surface area contributed by atoms with Crippen LogP contribution in [-0.4, -0.2) is 12.1 Å². The average molecular weight is 169 g/mol. The molecular weight excluding hydrogens is 146 g/mol. The molecule has 0 amide bonds. The first-order chi connectivity index (χ1) is 5.86. The monoisotopic (exact) mass is 169 g/mol. The van der Waals surface area contributed by atoms with Gasteiger partial charge in [-0.3, -0.25) is 0 Å². The van der Waals surface area contributed by atoms with Crippen LogP contribution in [0.1, 0.15) is 58.8 Å². The first-order valence-corrected chi connectivity index (χ1v) is 5.62. The Balaban J connectivity index is 2.20. The van der Waals surface area contributed by atoms with Gasteiger partial charge in [-0.2, -0.15) is 0 Å². The molecule has 1 N–H and O–H groups in total. The highest BCUT2D eigenvalue weighted by molar-refractivity contribution is 4.79. The summed E-state index contributed by atoms with van der Waals surface area (Å²) >= 11 is 0. The van der Waals surface area contributed by atoms with Gasteiger partial charge in [0.2, 0.25) is 0 Å². The van der Waals surface area contributed by atoms with E-state index in [1.165, 1.54) is 44.9 Å². The van der Waals surface area contributed by atoms with Crippen molar-refractivity contribution in [2.45, 2.75) is 70.9 Å². The van der Waals surface area contributed by atoms with Crippen LogP contribution in [0.4, 0.5) is 0 Å². The maximum Gasteiger partial charge on any atom is 0.00695 e. The molecule has 0 spiro atoms. The molecule has 0 radical (unpaired) electrons. The number of nitrogens with one attached hydrogen (secondary N) is 1. The third kappa shape index (κ3) is 3.14. The first kappa shape index (κ1) is 10.0. The van der Waals surface area contributed by atoms with Gasteiger partial charge >= 0.3 is 0 Å². The van der Waals surface area contributed by atoms with Gasteiger partial charge in [-0.1, -0.05) is 33.1 Å². The van der Waals surface area contributed by atoms with Crippen LogP contribution in [0.5, 0.6) is 0 Å². The maximum absolute atomic E-state index is 3.76. The molecule has 0 unspecified atom stereocenters. The van der Waals surface area contributed by atoms with E-state index in [-0.39, 0.29) is 0 Å². The molecule has 0 aromatic rings. The molecule has 1 rings (SSSR count). The van der Waals surface area contributed by atoms with E-state index < -0.39 is 0 Å². The minimum Gasteiger partial charge on any atom is -0.311 e. The van der Waals surface area contributed by atoms with Crippen molar-refractivity contribution in [1.29, 1.82) is 0 Å². The predicted octanol–water partition coefficient (Wildman–Crippen LogP) is 3.10. The molecule has 0 aromatic heterocycles. The van der Waals surface area contributed by atoms with Crippen LogP contribution in [-0.2, 0) is 0 Å². The summed E-state index contributed by atoms with van der Waals surface area (Å²) in [7, 11) is 0. The van der Waals surface area contributed by atoms with Crippen molar-refractivity contribution in [1.82, 2.24) is 5.32 Å². The van der Waals surface area contributed by atoms with Crippen LogP contribution >= 0.6 is 0 Å². The molecule has 0 aliphatic carbocycles. The third-order valence-corrected chi connectivity index (χ3v) is 2.85. The minimum absolute atomic E-state index is 0.834. The summed E-state index contributed by atoms with van der Waals surface area (Å²) in [6, 6.07) is 1.67. The summed E-state index contributed by atoms with van der Waals surface area (Å²) in [6.45, 7) is 4.57. The van der Waals surface area contributed by atoms with Crippen molar-refractivity contribution in [2.24, 2.45) is 0 Å². The normalized spacial score (nSPS) is 30.5. The Labute approximate surface area is 76.9 Å². The Morgan fingerprint density at radius 2 is 1.50 bits per heavy atom. The molecule has 1 fully saturated rings. The summed E-state index contributed by atoms with van der Waals surface area (Å²) in [5, 5.41) is 3.76. The van der Waals surface area contributed by atoms with Gasteiger partial charge < -0.3 is 5.32 Å². The number of piperidine rings is 1. The Morgan fingerprint density at radius 3 is 1.92 bits per heavy atom. The van der Waals surface area contributed by atoms with Gasteiger partial charge in [0, 0.05) is 12.1 Å². The Hall–Kier alpha value is -0.0400. The van der Waals surface area contributed by atoms with Gasteiger partial charge in [-0.15, -0.1) is 0 Å². The van der Waals surface area contributed by atoms with Crippen molar-refractivity contribution >= 4 is 0 Å². The molecule has 0 saturated carbocycles. The molecule has 0 bridgehead atoms. The largest absolute Gasteiger partial charge is 0.311 e. The Morgan fingerprint density at radius 1 is 1.00 bits per heavy atom. The molecule has 1 nitrogen and oxygen atoms in total. The van der Waals surface area contributed by atoms with Crippen molar-refractivity contribution in [3.05, 3.63) is 0 Å². The van der Waals surface area contributed by atoms with Gasteiger partial charge in [0.15, 0.2) is 0 Å². The van der Waals surface area contributed by atoms with Gasteiger partial charge in [0.25, 0.3) is 0 Å². The molecule has 0 aromatic carbocycles. The number of hydrogen-bond acceptors (Lipinski definition) is 1. The van der Waals surface area contributed by atoms with Crippen LogP contribution in [0.3, 0.4) is 0 Å².